The van der Waals surface area contributed by atoms with Gasteiger partial charge in [0.25, 0.3) is 0 Å². The van der Waals surface area contributed by atoms with E-state index in [4.69, 9.17) is 15.0 Å². The van der Waals surface area contributed by atoms with Gasteiger partial charge in [-0.25, -0.2) is 0 Å². The number of rotatable bonds is 12. The second-order valence-corrected chi connectivity index (χ2v) is 20.2. The Bertz CT molecular complexity index is 2790. The lowest BCUT2D eigenvalue weighted by Crippen LogP contribution is -2.26. The van der Waals surface area contributed by atoms with Gasteiger partial charge < -0.3 is 0 Å². The molecule has 0 saturated carbocycles. The normalized spacial score (nSPS) is 13.9. The van der Waals surface area contributed by atoms with Gasteiger partial charge in [0.15, 0.2) is 0 Å². The molecule has 0 aliphatic carbocycles. The number of pyridine rings is 3. The van der Waals surface area contributed by atoms with Crippen molar-refractivity contribution in [2.45, 2.75) is 98.9 Å². The van der Waals surface area contributed by atoms with Gasteiger partial charge in [-0.2, -0.15) is 0 Å². The molecule has 1 aliphatic rings. The Hall–Kier alpha value is -7.35. The number of hydrogen-bond acceptors (Lipinski definition) is 6. The van der Waals surface area contributed by atoms with Gasteiger partial charge in [0, 0.05) is 114 Å². The molecular weight excluding hydrogens is 877 g/mol. The maximum Gasteiger partial charge on any atom is 0.0447 e. The van der Waals surface area contributed by atoms with Crippen LogP contribution in [0.5, 0.6) is 0 Å². The number of nitrogens with zero attached hydrogens (tertiary/aromatic N) is 6. The Morgan fingerprint density at radius 2 is 0.528 bits per heavy atom. The van der Waals surface area contributed by atoms with E-state index in [9.17, 15) is 0 Å². The molecule has 4 heterocycles. The van der Waals surface area contributed by atoms with Gasteiger partial charge in [0.05, 0.1) is 0 Å². The van der Waals surface area contributed by atoms with Crippen LogP contribution in [0.3, 0.4) is 0 Å². The van der Waals surface area contributed by atoms with Crippen molar-refractivity contribution in [3.8, 4) is 0 Å². The summed E-state index contributed by atoms with van der Waals surface area (Å²) < 4.78 is 0. The molecule has 0 unspecified atom stereocenters. The minimum absolute atomic E-state index is 0.803. The maximum absolute atomic E-state index is 4.72. The summed E-state index contributed by atoms with van der Waals surface area (Å²) in [5.74, 6) is 0. The molecule has 72 heavy (non-hydrogen) atoms. The highest BCUT2D eigenvalue weighted by molar-refractivity contribution is 5.38. The predicted molar refractivity (Wildman–Crippen MR) is 293 cm³/mol. The molecule has 1 aliphatic heterocycles. The maximum atomic E-state index is 4.72. The SMILES string of the molecule is Cc1cc2cc(c1)CN(Cc1ccccc1Cc1ccccn1)Cc1cc(C)cc(c1)CN(Cc1ccccc1Cc1ccccn1)Cc1cc(C)cc(c1)CN(Cc1ccccc1Cc1ccccn1)C2. The quantitative estimate of drug-likeness (QED) is 0.122. The van der Waals surface area contributed by atoms with Gasteiger partial charge in [-0.1, -0.05) is 162 Å². The van der Waals surface area contributed by atoms with Crippen LogP contribution in [0.25, 0.3) is 0 Å². The van der Waals surface area contributed by atoms with Crippen LogP contribution >= 0.6 is 0 Å². The van der Waals surface area contributed by atoms with Crippen molar-refractivity contribution in [1.82, 2.24) is 29.7 Å². The molecule has 0 fully saturated rings. The molecule has 9 aromatic rings. The van der Waals surface area contributed by atoms with Crippen LogP contribution in [0.15, 0.2) is 201 Å². The molecule has 360 valence electrons. The van der Waals surface area contributed by atoms with E-state index in [2.05, 4.69) is 199 Å². The van der Waals surface area contributed by atoms with Crippen LogP contribution in [0.4, 0.5) is 0 Å². The van der Waals surface area contributed by atoms with E-state index in [0.29, 0.717) is 0 Å². The molecule has 6 nitrogen and oxygen atoms in total. The fraction of sp³-hybridized carbons (Fsp3) is 0.227. The number of fused-ring (bicyclic) bond motifs is 6. The second kappa shape index (κ2) is 23.3. The van der Waals surface area contributed by atoms with Crippen molar-refractivity contribution < 1.29 is 0 Å². The molecule has 0 saturated heterocycles. The molecule has 0 atom stereocenters. The molecule has 0 amide bonds. The van der Waals surface area contributed by atoms with Crippen molar-refractivity contribution in [2.24, 2.45) is 0 Å². The highest BCUT2D eigenvalue weighted by atomic mass is 15.1. The second-order valence-electron chi connectivity index (χ2n) is 20.2. The highest BCUT2D eigenvalue weighted by Gasteiger charge is 2.19. The summed E-state index contributed by atoms with van der Waals surface area (Å²) in [6.45, 7) is 14.2. The van der Waals surface area contributed by atoms with Gasteiger partial charge in [0.1, 0.15) is 0 Å². The van der Waals surface area contributed by atoms with Gasteiger partial charge in [-0.15, -0.1) is 0 Å². The zero-order valence-corrected chi connectivity index (χ0v) is 42.2. The van der Waals surface area contributed by atoms with E-state index in [1.165, 1.54) is 83.5 Å². The van der Waals surface area contributed by atoms with E-state index < -0.39 is 0 Å². The van der Waals surface area contributed by atoms with Crippen molar-refractivity contribution in [3.63, 3.8) is 0 Å². The third kappa shape index (κ3) is 13.3. The van der Waals surface area contributed by atoms with Crippen molar-refractivity contribution in [3.05, 3.63) is 301 Å². The largest absolute Gasteiger partial charge is 0.291 e. The first-order chi connectivity index (χ1) is 35.3. The fourth-order valence-electron chi connectivity index (χ4n) is 10.9. The monoisotopic (exact) mass is 943 g/mol. The first-order valence-corrected chi connectivity index (χ1v) is 25.6. The lowest BCUT2D eigenvalue weighted by Gasteiger charge is -2.28. The first kappa shape index (κ1) is 48.3. The Morgan fingerprint density at radius 1 is 0.292 bits per heavy atom. The third-order valence-corrected chi connectivity index (χ3v) is 13.9. The van der Waals surface area contributed by atoms with Crippen molar-refractivity contribution in [2.75, 3.05) is 0 Å². The van der Waals surface area contributed by atoms with Crippen LogP contribution in [0, 0.1) is 20.8 Å². The number of hydrogen-bond donors (Lipinski definition) is 0. The number of aromatic nitrogens is 3. The average molecular weight is 943 g/mol. The third-order valence-electron chi connectivity index (χ3n) is 13.9. The van der Waals surface area contributed by atoms with Gasteiger partial charge in [0.2, 0.25) is 0 Å². The standard InChI is InChI=1S/C66H66N6/c1-49-28-52-34-53(29-49)41-71(47-62-20-8-5-17-59(62)38-65-23-11-14-26-68-65)43-55-31-51(3)33-57(36-55)45-72(48-63-21-9-6-18-60(63)39-66-24-12-15-27-69-66)44-56-32-50(2)30-54(35-56)42-70(40-52)46-61-19-7-4-16-58(61)37-64-22-10-13-25-67-64/h4-36H,37-48H2,1-3H3. The van der Waals surface area contributed by atoms with Crippen molar-refractivity contribution >= 4 is 0 Å². The summed E-state index contributed by atoms with van der Waals surface area (Å²) in [6.07, 6.45) is 8.12. The molecule has 6 bridgehead atoms. The Balaban J connectivity index is 1.05. The molecule has 6 heteroatoms. The smallest absolute Gasteiger partial charge is 0.0447 e. The summed E-state index contributed by atoms with van der Waals surface area (Å²) in [7, 11) is 0. The molecular formula is C66H66N6. The minimum Gasteiger partial charge on any atom is -0.291 e. The highest BCUT2D eigenvalue weighted by Crippen LogP contribution is 2.27. The lowest BCUT2D eigenvalue weighted by molar-refractivity contribution is 0.238. The van der Waals surface area contributed by atoms with Crippen molar-refractivity contribution in [1.29, 1.82) is 0 Å². The van der Waals surface area contributed by atoms with Crippen LogP contribution in [0.2, 0.25) is 0 Å². The Labute approximate surface area is 427 Å². The first-order valence-electron chi connectivity index (χ1n) is 25.6. The minimum atomic E-state index is 0.803. The van der Waals surface area contributed by atoms with Gasteiger partial charge >= 0.3 is 0 Å². The lowest BCUT2D eigenvalue weighted by atomic mass is 9.99. The van der Waals surface area contributed by atoms with Crippen LogP contribution in [0.1, 0.15) is 101 Å². The van der Waals surface area contributed by atoms with Crippen LogP contribution < -0.4 is 0 Å². The fourth-order valence-corrected chi connectivity index (χ4v) is 10.9. The van der Waals surface area contributed by atoms with Gasteiger partial charge in [-0.05, 0) is 124 Å². The molecule has 10 rings (SSSR count). The zero-order valence-electron chi connectivity index (χ0n) is 42.2. The summed E-state index contributed by atoms with van der Waals surface area (Å²) in [5, 5.41) is 0. The van der Waals surface area contributed by atoms with Crippen LogP contribution in [-0.2, 0) is 78.2 Å². The number of aryl methyl sites for hydroxylation is 3. The topological polar surface area (TPSA) is 48.4 Å². The van der Waals surface area contributed by atoms with E-state index in [0.717, 1.165) is 95.2 Å². The summed E-state index contributed by atoms with van der Waals surface area (Å²) in [6, 6.07) is 67.4. The van der Waals surface area contributed by atoms with E-state index in [1.807, 2.05) is 36.8 Å². The zero-order chi connectivity index (χ0) is 49.1. The van der Waals surface area contributed by atoms with E-state index in [1.54, 1.807) is 0 Å². The van der Waals surface area contributed by atoms with E-state index >= 15 is 0 Å². The average Bonchev–Trinajstić information content (AvgIpc) is 3.36. The molecule has 6 aromatic carbocycles. The molecule has 0 N–H and O–H groups in total. The van der Waals surface area contributed by atoms with Gasteiger partial charge in [-0.3, -0.25) is 29.7 Å². The summed E-state index contributed by atoms with van der Waals surface area (Å²) in [4.78, 5) is 22.1. The van der Waals surface area contributed by atoms with Crippen LogP contribution in [-0.4, -0.2) is 29.7 Å². The molecule has 3 aromatic heterocycles. The Morgan fingerprint density at radius 3 is 0.764 bits per heavy atom. The predicted octanol–water partition coefficient (Wildman–Crippen LogP) is 13.5. The number of benzene rings is 6. The molecule has 0 radical (unpaired) electrons. The summed E-state index contributed by atoms with van der Waals surface area (Å²) in [5.41, 5.74) is 23.2. The molecule has 0 spiro atoms. The Kier molecular flexibility index (Phi) is 15.6. The van der Waals surface area contributed by atoms with E-state index in [-0.39, 0.29) is 0 Å². The summed E-state index contributed by atoms with van der Waals surface area (Å²) >= 11 is 0.